The molecule has 1 saturated heterocycles. The van der Waals surface area contributed by atoms with Crippen LogP contribution in [0.2, 0.25) is 0 Å². The molecular formula is C15H20N4O2S. The van der Waals surface area contributed by atoms with Gasteiger partial charge in [0.1, 0.15) is 0 Å². The summed E-state index contributed by atoms with van der Waals surface area (Å²) in [6.07, 6.45) is 2.03. The maximum atomic E-state index is 12.4. The minimum absolute atomic E-state index is 0.0935. The number of nitrogens with zero attached hydrogens (tertiary/aromatic N) is 4. The lowest BCUT2D eigenvalue weighted by molar-refractivity contribution is -0.131. The van der Waals surface area contributed by atoms with Gasteiger partial charge in [-0.05, 0) is 41.8 Å². The molecule has 1 fully saturated rings. The first-order valence-corrected chi connectivity index (χ1v) is 8.37. The molecule has 0 unspecified atom stereocenters. The van der Waals surface area contributed by atoms with Crippen LogP contribution in [0, 0.1) is 6.92 Å². The molecule has 0 aromatic carbocycles. The van der Waals surface area contributed by atoms with Gasteiger partial charge < -0.3 is 9.42 Å². The number of hydrogen-bond donors (Lipinski definition) is 0. The van der Waals surface area contributed by atoms with Crippen molar-refractivity contribution < 1.29 is 9.32 Å². The standard InChI is InChI=1S/C15H20N4O2S/c1-11-16-15(17-21-11)13-4-3-6-19(13)9-14(20)18(2)8-12-5-7-22-10-12/h5,7,10,13H,3-4,6,8-9H2,1-2H3/t13-/m1/s1. The fourth-order valence-corrected chi connectivity index (χ4v) is 3.46. The summed E-state index contributed by atoms with van der Waals surface area (Å²) in [5, 5.41) is 8.11. The Bertz CT molecular complexity index is 625. The van der Waals surface area contributed by atoms with Crippen LogP contribution in [0.25, 0.3) is 0 Å². The van der Waals surface area contributed by atoms with Gasteiger partial charge in [-0.3, -0.25) is 9.69 Å². The number of hydrogen-bond acceptors (Lipinski definition) is 6. The van der Waals surface area contributed by atoms with Gasteiger partial charge in [-0.15, -0.1) is 0 Å². The molecule has 6 nitrogen and oxygen atoms in total. The Hall–Kier alpha value is -1.73. The summed E-state index contributed by atoms with van der Waals surface area (Å²) in [6.45, 7) is 3.74. The Morgan fingerprint density at radius 3 is 3.14 bits per heavy atom. The molecule has 0 radical (unpaired) electrons. The molecule has 0 spiro atoms. The van der Waals surface area contributed by atoms with E-state index in [2.05, 4.69) is 26.5 Å². The first kappa shape index (κ1) is 15.2. The number of aryl methyl sites for hydroxylation is 1. The van der Waals surface area contributed by atoms with Gasteiger partial charge in [0, 0.05) is 20.5 Å². The van der Waals surface area contributed by atoms with Crippen molar-refractivity contribution in [1.29, 1.82) is 0 Å². The molecule has 118 valence electrons. The van der Waals surface area contributed by atoms with Crippen LogP contribution in [-0.4, -0.2) is 46.0 Å². The van der Waals surface area contributed by atoms with Crippen molar-refractivity contribution in [2.24, 2.45) is 0 Å². The fourth-order valence-electron chi connectivity index (χ4n) is 2.80. The number of aromatic nitrogens is 2. The predicted molar refractivity (Wildman–Crippen MR) is 83.4 cm³/mol. The van der Waals surface area contributed by atoms with E-state index in [1.807, 2.05) is 12.4 Å². The maximum absolute atomic E-state index is 12.4. The zero-order valence-electron chi connectivity index (χ0n) is 12.9. The monoisotopic (exact) mass is 320 g/mol. The number of carbonyl (C=O) groups excluding carboxylic acids is 1. The van der Waals surface area contributed by atoms with Crippen molar-refractivity contribution in [1.82, 2.24) is 19.9 Å². The van der Waals surface area contributed by atoms with E-state index in [-0.39, 0.29) is 11.9 Å². The zero-order chi connectivity index (χ0) is 15.5. The van der Waals surface area contributed by atoms with Gasteiger partial charge >= 0.3 is 0 Å². The lowest BCUT2D eigenvalue weighted by Gasteiger charge is -2.24. The minimum Gasteiger partial charge on any atom is -0.340 e. The number of likely N-dealkylation sites (tertiary alicyclic amines) is 1. The normalized spacial score (nSPS) is 18.7. The summed E-state index contributed by atoms with van der Waals surface area (Å²) in [5.74, 6) is 1.39. The lowest BCUT2D eigenvalue weighted by atomic mass is 10.2. The summed E-state index contributed by atoms with van der Waals surface area (Å²) in [4.78, 5) is 20.7. The molecule has 0 saturated carbocycles. The van der Waals surface area contributed by atoms with Gasteiger partial charge in [0.2, 0.25) is 11.8 Å². The van der Waals surface area contributed by atoms with E-state index in [0.717, 1.165) is 19.4 Å². The second kappa shape index (κ2) is 6.58. The number of rotatable bonds is 5. The van der Waals surface area contributed by atoms with E-state index in [1.165, 1.54) is 5.56 Å². The Kier molecular flexibility index (Phi) is 4.54. The number of carbonyl (C=O) groups is 1. The van der Waals surface area contributed by atoms with Gasteiger partial charge in [0.05, 0.1) is 12.6 Å². The minimum atomic E-state index is 0.0935. The second-order valence-corrected chi connectivity index (χ2v) is 6.46. The molecule has 22 heavy (non-hydrogen) atoms. The molecule has 3 rings (SSSR count). The van der Waals surface area contributed by atoms with Gasteiger partial charge in [0.15, 0.2) is 5.82 Å². The van der Waals surface area contributed by atoms with Gasteiger partial charge in [-0.2, -0.15) is 16.3 Å². The lowest BCUT2D eigenvalue weighted by Crippen LogP contribution is -2.38. The first-order chi connectivity index (χ1) is 10.6. The highest BCUT2D eigenvalue weighted by molar-refractivity contribution is 7.07. The Morgan fingerprint density at radius 2 is 2.45 bits per heavy atom. The van der Waals surface area contributed by atoms with Crippen LogP contribution in [0.15, 0.2) is 21.3 Å². The SMILES string of the molecule is Cc1nc([C@H]2CCCN2CC(=O)N(C)Cc2ccsc2)no1. The predicted octanol–water partition coefficient (Wildman–Crippen LogP) is 2.24. The van der Waals surface area contributed by atoms with Crippen molar-refractivity contribution in [3.05, 3.63) is 34.1 Å². The highest BCUT2D eigenvalue weighted by Crippen LogP contribution is 2.29. The highest BCUT2D eigenvalue weighted by atomic mass is 32.1. The number of amides is 1. The molecule has 1 amide bonds. The first-order valence-electron chi connectivity index (χ1n) is 7.43. The van der Waals surface area contributed by atoms with E-state index in [1.54, 1.807) is 23.2 Å². The Morgan fingerprint density at radius 1 is 1.59 bits per heavy atom. The second-order valence-electron chi connectivity index (χ2n) is 5.68. The highest BCUT2D eigenvalue weighted by Gasteiger charge is 2.31. The van der Waals surface area contributed by atoms with Crippen LogP contribution in [-0.2, 0) is 11.3 Å². The van der Waals surface area contributed by atoms with Crippen LogP contribution < -0.4 is 0 Å². The summed E-state index contributed by atoms with van der Waals surface area (Å²) < 4.78 is 5.07. The molecule has 2 aromatic rings. The summed E-state index contributed by atoms with van der Waals surface area (Å²) in [5.41, 5.74) is 1.17. The van der Waals surface area contributed by atoms with Crippen LogP contribution in [0.5, 0.6) is 0 Å². The van der Waals surface area contributed by atoms with E-state index < -0.39 is 0 Å². The van der Waals surface area contributed by atoms with Crippen LogP contribution in [0.1, 0.15) is 36.2 Å². The van der Waals surface area contributed by atoms with Crippen molar-refractivity contribution in [2.75, 3.05) is 20.1 Å². The summed E-state index contributed by atoms with van der Waals surface area (Å²) in [7, 11) is 1.85. The largest absolute Gasteiger partial charge is 0.340 e. The Balaban J connectivity index is 1.60. The topological polar surface area (TPSA) is 62.5 Å². The van der Waals surface area contributed by atoms with Gasteiger partial charge in [-0.25, -0.2) is 0 Å². The summed E-state index contributed by atoms with van der Waals surface area (Å²) in [6, 6.07) is 2.14. The van der Waals surface area contributed by atoms with Gasteiger partial charge in [0.25, 0.3) is 0 Å². The summed E-state index contributed by atoms with van der Waals surface area (Å²) >= 11 is 1.65. The number of likely N-dealkylation sites (N-methyl/N-ethyl adjacent to an activating group) is 1. The van der Waals surface area contributed by atoms with Crippen molar-refractivity contribution >= 4 is 17.2 Å². The quantitative estimate of drug-likeness (QED) is 0.845. The molecule has 1 aliphatic rings. The molecule has 0 bridgehead atoms. The molecule has 1 aliphatic heterocycles. The molecular weight excluding hydrogens is 300 g/mol. The third kappa shape index (κ3) is 3.36. The Labute approximate surface area is 133 Å². The van der Waals surface area contributed by atoms with Gasteiger partial charge in [-0.1, -0.05) is 5.16 Å². The smallest absolute Gasteiger partial charge is 0.236 e. The van der Waals surface area contributed by atoms with Crippen molar-refractivity contribution in [3.8, 4) is 0 Å². The number of thiophene rings is 1. The molecule has 7 heteroatoms. The van der Waals surface area contributed by atoms with E-state index in [9.17, 15) is 4.79 Å². The molecule has 0 N–H and O–H groups in total. The molecule has 3 heterocycles. The van der Waals surface area contributed by atoms with E-state index in [0.29, 0.717) is 24.8 Å². The zero-order valence-corrected chi connectivity index (χ0v) is 13.7. The third-order valence-electron chi connectivity index (χ3n) is 3.97. The van der Waals surface area contributed by atoms with E-state index >= 15 is 0 Å². The van der Waals surface area contributed by atoms with Crippen LogP contribution >= 0.6 is 11.3 Å². The van der Waals surface area contributed by atoms with Crippen LogP contribution in [0.3, 0.4) is 0 Å². The third-order valence-corrected chi connectivity index (χ3v) is 4.70. The molecule has 0 aliphatic carbocycles. The van der Waals surface area contributed by atoms with Crippen molar-refractivity contribution in [3.63, 3.8) is 0 Å². The van der Waals surface area contributed by atoms with Crippen molar-refractivity contribution in [2.45, 2.75) is 32.4 Å². The maximum Gasteiger partial charge on any atom is 0.236 e. The van der Waals surface area contributed by atoms with Crippen LogP contribution in [0.4, 0.5) is 0 Å². The van der Waals surface area contributed by atoms with E-state index in [4.69, 9.17) is 4.52 Å². The molecule has 2 aromatic heterocycles. The fraction of sp³-hybridized carbons (Fsp3) is 0.533. The average molecular weight is 320 g/mol. The molecule has 1 atom stereocenters. The average Bonchev–Trinajstić information content (AvgIpc) is 3.20.